The summed E-state index contributed by atoms with van der Waals surface area (Å²) in [5, 5.41) is 2.73. The number of likely N-dealkylation sites (tertiary alicyclic amines) is 1. The van der Waals surface area contributed by atoms with E-state index in [9.17, 15) is 9.59 Å². The van der Waals surface area contributed by atoms with Gasteiger partial charge in [-0.3, -0.25) is 9.59 Å². The second-order valence-electron chi connectivity index (χ2n) is 6.20. The third-order valence-electron chi connectivity index (χ3n) is 4.39. The molecule has 1 fully saturated rings. The van der Waals surface area contributed by atoms with Crippen LogP contribution in [0.3, 0.4) is 0 Å². The lowest BCUT2D eigenvalue weighted by Gasteiger charge is -2.26. The highest BCUT2D eigenvalue weighted by atomic mass is 16.6. The van der Waals surface area contributed by atoms with Gasteiger partial charge in [-0.05, 0) is 43.4 Å². The van der Waals surface area contributed by atoms with Crippen molar-refractivity contribution in [2.24, 2.45) is 0 Å². The SMILES string of the molecule is O=C(CCc1ccc2c(c1)OCCO2)NCC(=O)N1CCCCC1. The molecular formula is C18H24N2O4. The quantitative estimate of drug-likeness (QED) is 0.888. The Labute approximate surface area is 142 Å². The molecule has 2 aliphatic rings. The number of hydrogen-bond donors (Lipinski definition) is 1. The lowest BCUT2D eigenvalue weighted by Crippen LogP contribution is -2.42. The van der Waals surface area contributed by atoms with Gasteiger partial charge in [-0.1, -0.05) is 6.07 Å². The third-order valence-corrected chi connectivity index (χ3v) is 4.39. The van der Waals surface area contributed by atoms with Gasteiger partial charge in [0.05, 0.1) is 6.54 Å². The fourth-order valence-electron chi connectivity index (χ4n) is 3.02. The molecule has 6 nitrogen and oxygen atoms in total. The molecule has 0 saturated carbocycles. The number of fused-ring (bicyclic) bond motifs is 1. The Hall–Kier alpha value is -2.24. The molecule has 1 aromatic carbocycles. The molecule has 0 bridgehead atoms. The summed E-state index contributed by atoms with van der Waals surface area (Å²) in [5.74, 6) is 1.40. The van der Waals surface area contributed by atoms with Crippen LogP contribution in [-0.4, -0.2) is 49.6 Å². The fourth-order valence-corrected chi connectivity index (χ4v) is 3.02. The molecule has 2 heterocycles. The van der Waals surface area contributed by atoms with Crippen molar-refractivity contribution in [3.8, 4) is 11.5 Å². The Morgan fingerprint density at radius 1 is 1.04 bits per heavy atom. The molecule has 1 saturated heterocycles. The van der Waals surface area contributed by atoms with E-state index in [1.807, 2.05) is 23.1 Å². The molecule has 6 heteroatoms. The molecule has 3 rings (SSSR count). The van der Waals surface area contributed by atoms with Crippen LogP contribution in [0.1, 0.15) is 31.2 Å². The number of ether oxygens (including phenoxy) is 2. The molecule has 130 valence electrons. The van der Waals surface area contributed by atoms with Crippen molar-refractivity contribution in [1.82, 2.24) is 10.2 Å². The first kappa shape index (κ1) is 16.6. The van der Waals surface area contributed by atoms with Gasteiger partial charge in [-0.15, -0.1) is 0 Å². The number of carbonyl (C=O) groups is 2. The Balaban J connectivity index is 1.41. The van der Waals surface area contributed by atoms with Crippen molar-refractivity contribution < 1.29 is 19.1 Å². The first-order valence-electron chi connectivity index (χ1n) is 8.65. The zero-order valence-corrected chi connectivity index (χ0v) is 13.9. The van der Waals surface area contributed by atoms with Gasteiger partial charge in [-0.2, -0.15) is 0 Å². The molecule has 1 N–H and O–H groups in total. The lowest BCUT2D eigenvalue weighted by atomic mass is 10.1. The standard InChI is InChI=1S/C18H24N2O4/c21-17(19-13-18(22)20-8-2-1-3-9-20)7-5-14-4-6-15-16(12-14)24-11-10-23-15/h4,6,12H,1-3,5,7-11,13H2,(H,19,21). The maximum absolute atomic E-state index is 12.0. The van der Waals surface area contributed by atoms with Gasteiger partial charge < -0.3 is 19.7 Å². The van der Waals surface area contributed by atoms with Gasteiger partial charge in [-0.25, -0.2) is 0 Å². The van der Waals surface area contributed by atoms with Crippen LogP contribution < -0.4 is 14.8 Å². The van der Waals surface area contributed by atoms with E-state index in [0.29, 0.717) is 26.1 Å². The van der Waals surface area contributed by atoms with E-state index >= 15 is 0 Å². The molecular weight excluding hydrogens is 308 g/mol. The first-order valence-corrected chi connectivity index (χ1v) is 8.65. The van der Waals surface area contributed by atoms with E-state index in [2.05, 4.69) is 5.32 Å². The largest absolute Gasteiger partial charge is 0.486 e. The predicted molar refractivity (Wildman–Crippen MR) is 89.2 cm³/mol. The van der Waals surface area contributed by atoms with E-state index < -0.39 is 0 Å². The summed E-state index contributed by atoms with van der Waals surface area (Å²) in [4.78, 5) is 25.8. The highest BCUT2D eigenvalue weighted by Gasteiger charge is 2.17. The molecule has 0 aliphatic carbocycles. The smallest absolute Gasteiger partial charge is 0.241 e. The van der Waals surface area contributed by atoms with Crippen molar-refractivity contribution in [2.75, 3.05) is 32.8 Å². The van der Waals surface area contributed by atoms with Crippen LogP contribution in [0.5, 0.6) is 11.5 Å². The van der Waals surface area contributed by atoms with Crippen LogP contribution in [0.15, 0.2) is 18.2 Å². The normalized spacial score (nSPS) is 16.6. The topological polar surface area (TPSA) is 67.9 Å². The third kappa shape index (κ3) is 4.40. The Morgan fingerprint density at radius 2 is 1.79 bits per heavy atom. The predicted octanol–water partition coefficient (Wildman–Crippen LogP) is 1.52. The number of aryl methyl sites for hydroxylation is 1. The monoisotopic (exact) mass is 332 g/mol. The second-order valence-corrected chi connectivity index (χ2v) is 6.20. The van der Waals surface area contributed by atoms with Crippen LogP contribution >= 0.6 is 0 Å². The van der Waals surface area contributed by atoms with Crippen LogP contribution in [-0.2, 0) is 16.0 Å². The van der Waals surface area contributed by atoms with Crippen molar-refractivity contribution in [3.63, 3.8) is 0 Å². The average Bonchev–Trinajstić information content (AvgIpc) is 2.65. The lowest BCUT2D eigenvalue weighted by molar-refractivity contribution is -0.133. The van der Waals surface area contributed by atoms with Gasteiger partial charge in [0.1, 0.15) is 13.2 Å². The minimum atomic E-state index is -0.102. The summed E-state index contributed by atoms with van der Waals surface area (Å²) in [7, 11) is 0. The molecule has 24 heavy (non-hydrogen) atoms. The summed E-state index contributed by atoms with van der Waals surface area (Å²) in [5.41, 5.74) is 1.02. The van der Waals surface area contributed by atoms with Gasteiger partial charge >= 0.3 is 0 Å². The number of nitrogens with zero attached hydrogens (tertiary/aromatic N) is 1. The summed E-state index contributed by atoms with van der Waals surface area (Å²) in [6.07, 6.45) is 4.27. The van der Waals surface area contributed by atoms with Gasteiger partial charge in [0.25, 0.3) is 0 Å². The number of amides is 2. The van der Waals surface area contributed by atoms with Crippen LogP contribution in [0, 0.1) is 0 Å². The second kappa shape index (κ2) is 8.04. The van der Waals surface area contributed by atoms with Gasteiger partial charge in [0.15, 0.2) is 11.5 Å². The number of hydrogen-bond acceptors (Lipinski definition) is 4. The number of nitrogens with one attached hydrogen (secondary N) is 1. The minimum absolute atomic E-state index is 0.0161. The van der Waals surface area contributed by atoms with Crippen LogP contribution in [0.2, 0.25) is 0 Å². The van der Waals surface area contributed by atoms with Gasteiger partial charge in [0.2, 0.25) is 11.8 Å². The number of rotatable bonds is 5. The molecule has 1 aromatic rings. The average molecular weight is 332 g/mol. The fraction of sp³-hybridized carbons (Fsp3) is 0.556. The van der Waals surface area contributed by atoms with E-state index in [-0.39, 0.29) is 18.4 Å². The van der Waals surface area contributed by atoms with E-state index in [0.717, 1.165) is 43.0 Å². The molecule has 0 unspecified atom stereocenters. The molecule has 2 aliphatic heterocycles. The zero-order valence-electron chi connectivity index (χ0n) is 13.9. The molecule has 0 aromatic heterocycles. The number of carbonyl (C=O) groups excluding carboxylic acids is 2. The summed E-state index contributed by atoms with van der Waals surface area (Å²) < 4.78 is 11.0. The summed E-state index contributed by atoms with van der Waals surface area (Å²) >= 11 is 0. The van der Waals surface area contributed by atoms with Crippen molar-refractivity contribution >= 4 is 11.8 Å². The number of piperidine rings is 1. The molecule has 0 atom stereocenters. The number of benzene rings is 1. The minimum Gasteiger partial charge on any atom is -0.486 e. The molecule has 2 amide bonds. The highest BCUT2D eigenvalue weighted by molar-refractivity contribution is 5.84. The molecule has 0 radical (unpaired) electrons. The Morgan fingerprint density at radius 3 is 2.58 bits per heavy atom. The Kier molecular flexibility index (Phi) is 5.56. The van der Waals surface area contributed by atoms with Gasteiger partial charge in [0, 0.05) is 19.5 Å². The van der Waals surface area contributed by atoms with E-state index in [4.69, 9.17) is 9.47 Å². The highest BCUT2D eigenvalue weighted by Crippen LogP contribution is 2.31. The van der Waals surface area contributed by atoms with E-state index in [1.165, 1.54) is 6.42 Å². The van der Waals surface area contributed by atoms with Crippen molar-refractivity contribution in [2.45, 2.75) is 32.1 Å². The maximum Gasteiger partial charge on any atom is 0.241 e. The first-order chi connectivity index (χ1) is 11.7. The zero-order chi connectivity index (χ0) is 16.8. The molecule has 0 spiro atoms. The summed E-state index contributed by atoms with van der Waals surface area (Å²) in [6.45, 7) is 2.84. The Bertz CT molecular complexity index is 597. The van der Waals surface area contributed by atoms with Crippen molar-refractivity contribution in [3.05, 3.63) is 23.8 Å². The summed E-state index contributed by atoms with van der Waals surface area (Å²) in [6, 6.07) is 5.74. The van der Waals surface area contributed by atoms with E-state index in [1.54, 1.807) is 0 Å². The van der Waals surface area contributed by atoms with Crippen molar-refractivity contribution in [1.29, 1.82) is 0 Å². The van der Waals surface area contributed by atoms with Crippen LogP contribution in [0.4, 0.5) is 0 Å². The maximum atomic E-state index is 12.0. The van der Waals surface area contributed by atoms with Crippen LogP contribution in [0.25, 0.3) is 0 Å².